The SMILES string of the molecule is C[C@@H](NC(=O)C[C@@H](N)c1ccccc1)c1cccnc1. The van der Waals surface area contributed by atoms with Crippen molar-refractivity contribution in [3.8, 4) is 0 Å². The molecule has 2 atom stereocenters. The van der Waals surface area contributed by atoms with Crippen LogP contribution >= 0.6 is 0 Å². The lowest BCUT2D eigenvalue weighted by atomic mass is 10.0. The Hall–Kier alpha value is -2.20. The van der Waals surface area contributed by atoms with E-state index in [0.717, 1.165) is 11.1 Å². The number of carbonyl (C=O) groups is 1. The molecule has 0 aliphatic rings. The zero-order chi connectivity index (χ0) is 14.4. The molecule has 1 aromatic heterocycles. The number of amides is 1. The van der Waals surface area contributed by atoms with Crippen LogP contribution < -0.4 is 11.1 Å². The van der Waals surface area contributed by atoms with E-state index in [9.17, 15) is 4.79 Å². The van der Waals surface area contributed by atoms with Gasteiger partial charge in [0.15, 0.2) is 0 Å². The molecule has 0 spiro atoms. The summed E-state index contributed by atoms with van der Waals surface area (Å²) in [5.74, 6) is -0.0577. The van der Waals surface area contributed by atoms with Crippen LogP contribution in [-0.4, -0.2) is 10.9 Å². The average molecular weight is 269 g/mol. The van der Waals surface area contributed by atoms with Gasteiger partial charge in [0, 0.05) is 24.9 Å². The van der Waals surface area contributed by atoms with Crippen LogP contribution in [0.25, 0.3) is 0 Å². The lowest BCUT2D eigenvalue weighted by Crippen LogP contribution is -2.29. The summed E-state index contributed by atoms with van der Waals surface area (Å²) in [7, 11) is 0. The molecule has 1 heterocycles. The molecule has 0 aliphatic heterocycles. The Kier molecular flexibility index (Phi) is 4.85. The van der Waals surface area contributed by atoms with Crippen molar-refractivity contribution in [2.45, 2.75) is 25.4 Å². The van der Waals surface area contributed by atoms with Crippen LogP contribution in [0, 0.1) is 0 Å². The van der Waals surface area contributed by atoms with Crippen LogP contribution in [0.15, 0.2) is 54.9 Å². The van der Waals surface area contributed by atoms with Crippen LogP contribution in [-0.2, 0) is 4.79 Å². The van der Waals surface area contributed by atoms with Crippen LogP contribution in [0.4, 0.5) is 0 Å². The molecule has 0 bridgehead atoms. The maximum absolute atomic E-state index is 12.0. The van der Waals surface area contributed by atoms with Crippen molar-refractivity contribution in [1.29, 1.82) is 0 Å². The van der Waals surface area contributed by atoms with Gasteiger partial charge in [-0.15, -0.1) is 0 Å². The molecular weight excluding hydrogens is 250 g/mol. The highest BCUT2D eigenvalue weighted by Gasteiger charge is 2.14. The van der Waals surface area contributed by atoms with Gasteiger partial charge in [-0.3, -0.25) is 9.78 Å². The molecule has 0 aliphatic carbocycles. The Morgan fingerprint density at radius 2 is 1.90 bits per heavy atom. The minimum Gasteiger partial charge on any atom is -0.349 e. The predicted molar refractivity (Wildman–Crippen MR) is 78.8 cm³/mol. The van der Waals surface area contributed by atoms with Gasteiger partial charge in [0.25, 0.3) is 0 Å². The van der Waals surface area contributed by atoms with E-state index < -0.39 is 0 Å². The topological polar surface area (TPSA) is 68.0 Å². The van der Waals surface area contributed by atoms with Gasteiger partial charge in [-0.05, 0) is 24.1 Å². The smallest absolute Gasteiger partial charge is 0.222 e. The van der Waals surface area contributed by atoms with Gasteiger partial charge in [-0.1, -0.05) is 36.4 Å². The Balaban J connectivity index is 1.90. The minimum absolute atomic E-state index is 0.0577. The largest absolute Gasteiger partial charge is 0.349 e. The van der Waals surface area contributed by atoms with Gasteiger partial charge < -0.3 is 11.1 Å². The molecule has 2 aromatic rings. The quantitative estimate of drug-likeness (QED) is 0.875. The summed E-state index contributed by atoms with van der Waals surface area (Å²) in [6.07, 6.45) is 3.74. The van der Waals surface area contributed by atoms with Crippen molar-refractivity contribution in [3.05, 3.63) is 66.0 Å². The molecule has 0 radical (unpaired) electrons. The number of nitrogens with two attached hydrogens (primary N) is 1. The maximum atomic E-state index is 12.0. The zero-order valence-corrected chi connectivity index (χ0v) is 11.5. The van der Waals surface area contributed by atoms with Gasteiger partial charge in [-0.25, -0.2) is 0 Å². The molecule has 3 N–H and O–H groups in total. The Labute approximate surface area is 119 Å². The lowest BCUT2D eigenvalue weighted by molar-refractivity contribution is -0.122. The zero-order valence-electron chi connectivity index (χ0n) is 11.5. The van der Waals surface area contributed by atoms with E-state index in [1.165, 1.54) is 0 Å². The second-order valence-electron chi connectivity index (χ2n) is 4.80. The van der Waals surface area contributed by atoms with Crippen molar-refractivity contribution in [2.24, 2.45) is 5.73 Å². The number of aromatic nitrogens is 1. The highest BCUT2D eigenvalue weighted by molar-refractivity contribution is 5.77. The molecule has 20 heavy (non-hydrogen) atoms. The van der Waals surface area contributed by atoms with Crippen LogP contribution in [0.2, 0.25) is 0 Å². The second kappa shape index (κ2) is 6.82. The summed E-state index contributed by atoms with van der Waals surface area (Å²) < 4.78 is 0. The summed E-state index contributed by atoms with van der Waals surface area (Å²) in [4.78, 5) is 16.0. The molecule has 1 aromatic carbocycles. The summed E-state index contributed by atoms with van der Waals surface area (Å²) in [5.41, 5.74) is 7.99. The molecule has 0 saturated heterocycles. The van der Waals surface area contributed by atoms with Gasteiger partial charge in [0.05, 0.1) is 6.04 Å². The van der Waals surface area contributed by atoms with Crippen LogP contribution in [0.3, 0.4) is 0 Å². The first-order chi connectivity index (χ1) is 9.66. The van der Waals surface area contributed by atoms with Gasteiger partial charge >= 0.3 is 0 Å². The molecule has 4 nitrogen and oxygen atoms in total. The van der Waals surface area contributed by atoms with Crippen molar-refractivity contribution in [3.63, 3.8) is 0 Å². The highest BCUT2D eigenvalue weighted by Crippen LogP contribution is 2.15. The Morgan fingerprint density at radius 1 is 1.20 bits per heavy atom. The van der Waals surface area contributed by atoms with Crippen molar-refractivity contribution in [2.75, 3.05) is 0 Å². The summed E-state index contributed by atoms with van der Waals surface area (Å²) in [6.45, 7) is 1.93. The van der Waals surface area contributed by atoms with Gasteiger partial charge in [0.1, 0.15) is 0 Å². The fourth-order valence-corrected chi connectivity index (χ4v) is 2.03. The second-order valence-corrected chi connectivity index (χ2v) is 4.80. The molecule has 0 saturated carbocycles. The normalized spacial score (nSPS) is 13.5. The van der Waals surface area contributed by atoms with E-state index in [0.29, 0.717) is 0 Å². The van der Waals surface area contributed by atoms with E-state index in [-0.39, 0.29) is 24.4 Å². The Bertz CT molecular complexity index is 493. The summed E-state index contributed by atoms with van der Waals surface area (Å²) in [6, 6.07) is 13.1. The first-order valence-corrected chi connectivity index (χ1v) is 6.66. The molecule has 1 amide bonds. The highest BCUT2D eigenvalue weighted by atomic mass is 16.1. The van der Waals surface area contributed by atoms with E-state index in [2.05, 4.69) is 10.3 Å². The molecular formula is C16H19N3O. The fraction of sp³-hybridized carbons (Fsp3) is 0.250. The van der Waals surface area contributed by atoms with E-state index in [4.69, 9.17) is 5.73 Å². The van der Waals surface area contributed by atoms with E-state index >= 15 is 0 Å². The number of nitrogens with zero attached hydrogens (tertiary/aromatic N) is 1. The number of hydrogen-bond acceptors (Lipinski definition) is 3. The lowest BCUT2D eigenvalue weighted by Gasteiger charge is -2.16. The van der Waals surface area contributed by atoms with E-state index in [1.807, 2.05) is 49.4 Å². The molecule has 2 rings (SSSR count). The third-order valence-corrected chi connectivity index (χ3v) is 3.19. The maximum Gasteiger partial charge on any atom is 0.222 e. The number of hydrogen-bond donors (Lipinski definition) is 2. The third-order valence-electron chi connectivity index (χ3n) is 3.19. The summed E-state index contributed by atoms with van der Waals surface area (Å²) in [5, 5.41) is 2.94. The summed E-state index contributed by atoms with van der Waals surface area (Å²) >= 11 is 0. The van der Waals surface area contributed by atoms with Crippen LogP contribution in [0.1, 0.15) is 36.6 Å². The number of pyridine rings is 1. The Morgan fingerprint density at radius 3 is 2.55 bits per heavy atom. The van der Waals surface area contributed by atoms with Crippen molar-refractivity contribution >= 4 is 5.91 Å². The van der Waals surface area contributed by atoms with Crippen LogP contribution in [0.5, 0.6) is 0 Å². The molecule has 0 fully saturated rings. The molecule has 104 valence electrons. The number of carbonyl (C=O) groups excluding carboxylic acids is 1. The fourth-order valence-electron chi connectivity index (χ4n) is 2.03. The number of benzene rings is 1. The molecule has 0 unspecified atom stereocenters. The monoisotopic (exact) mass is 269 g/mol. The van der Waals surface area contributed by atoms with Crippen molar-refractivity contribution in [1.82, 2.24) is 10.3 Å². The third kappa shape index (κ3) is 3.90. The first-order valence-electron chi connectivity index (χ1n) is 6.66. The van der Waals surface area contributed by atoms with Gasteiger partial charge in [-0.2, -0.15) is 0 Å². The molecule has 4 heteroatoms. The average Bonchev–Trinajstić information content (AvgIpc) is 2.49. The number of rotatable bonds is 5. The predicted octanol–water partition coefficient (Wildman–Crippen LogP) is 2.35. The van der Waals surface area contributed by atoms with Gasteiger partial charge in [0.2, 0.25) is 5.91 Å². The standard InChI is InChI=1S/C16H19N3O/c1-12(14-8-5-9-18-11-14)19-16(20)10-15(17)13-6-3-2-4-7-13/h2-9,11-12,15H,10,17H2,1H3,(H,19,20)/t12-,15-/m1/s1. The minimum atomic E-state index is -0.280. The first kappa shape index (κ1) is 14.2. The van der Waals surface area contributed by atoms with Crippen molar-refractivity contribution < 1.29 is 4.79 Å². The number of nitrogens with one attached hydrogen (secondary N) is 1. The van der Waals surface area contributed by atoms with E-state index in [1.54, 1.807) is 12.4 Å².